The summed E-state index contributed by atoms with van der Waals surface area (Å²) in [7, 11) is 0. The van der Waals surface area contributed by atoms with E-state index >= 15 is 0 Å². The van der Waals surface area contributed by atoms with Gasteiger partial charge in [0.15, 0.2) is 0 Å². The normalized spacial score (nSPS) is 10.7. The largest absolute Gasteiger partial charge is 0.481 e. The predicted octanol–water partition coefficient (Wildman–Crippen LogP) is 1.63. The third-order valence-corrected chi connectivity index (χ3v) is 1.86. The second-order valence-corrected chi connectivity index (χ2v) is 3.60. The SMILES string of the molecule is C=C(C)C(=O)OOCC.CCC(CC(=O)O)C(=O)O. The van der Waals surface area contributed by atoms with Gasteiger partial charge in [0.25, 0.3) is 0 Å². The Labute approximate surface area is 111 Å². The minimum atomic E-state index is -1.06. The van der Waals surface area contributed by atoms with Crippen molar-refractivity contribution in [2.75, 3.05) is 6.61 Å². The molecule has 0 spiro atoms. The highest BCUT2D eigenvalue weighted by atomic mass is 17.2. The molecule has 2 N–H and O–H groups in total. The molecule has 7 heteroatoms. The van der Waals surface area contributed by atoms with E-state index in [1.807, 2.05) is 0 Å². The molecule has 0 rings (SSSR count). The first-order valence-electron chi connectivity index (χ1n) is 5.70. The predicted molar refractivity (Wildman–Crippen MR) is 66.2 cm³/mol. The van der Waals surface area contributed by atoms with Gasteiger partial charge in [0, 0.05) is 5.57 Å². The molecule has 0 aromatic heterocycles. The third-order valence-electron chi connectivity index (χ3n) is 1.86. The van der Waals surface area contributed by atoms with Crippen LogP contribution in [0.1, 0.15) is 33.6 Å². The molecule has 1 unspecified atom stereocenters. The zero-order valence-electron chi connectivity index (χ0n) is 11.3. The lowest BCUT2D eigenvalue weighted by Gasteiger charge is -2.03. The summed E-state index contributed by atoms with van der Waals surface area (Å²) in [6.07, 6.45) is 0.0769. The number of hydrogen-bond acceptors (Lipinski definition) is 5. The lowest BCUT2D eigenvalue weighted by Crippen LogP contribution is -2.16. The third kappa shape index (κ3) is 12.4. The van der Waals surface area contributed by atoms with Crippen molar-refractivity contribution in [2.24, 2.45) is 5.92 Å². The zero-order valence-corrected chi connectivity index (χ0v) is 11.3. The second-order valence-electron chi connectivity index (χ2n) is 3.60. The van der Waals surface area contributed by atoms with E-state index < -0.39 is 23.8 Å². The average molecular weight is 276 g/mol. The number of aliphatic carboxylic acids is 2. The lowest BCUT2D eigenvalue weighted by molar-refractivity contribution is -0.265. The van der Waals surface area contributed by atoms with Crippen LogP contribution in [0.2, 0.25) is 0 Å². The van der Waals surface area contributed by atoms with Gasteiger partial charge in [-0.3, -0.25) is 14.5 Å². The van der Waals surface area contributed by atoms with Crippen molar-refractivity contribution in [1.29, 1.82) is 0 Å². The second kappa shape index (κ2) is 11.2. The summed E-state index contributed by atoms with van der Waals surface area (Å²) >= 11 is 0. The molecule has 7 nitrogen and oxygen atoms in total. The van der Waals surface area contributed by atoms with E-state index in [4.69, 9.17) is 10.2 Å². The Morgan fingerprint density at radius 1 is 1.21 bits per heavy atom. The maximum Gasteiger partial charge on any atom is 0.368 e. The lowest BCUT2D eigenvalue weighted by atomic mass is 10.0. The molecule has 0 saturated carbocycles. The van der Waals surface area contributed by atoms with Gasteiger partial charge in [-0.15, -0.1) is 0 Å². The van der Waals surface area contributed by atoms with Gasteiger partial charge in [-0.25, -0.2) is 4.79 Å². The first-order valence-corrected chi connectivity index (χ1v) is 5.70. The van der Waals surface area contributed by atoms with Gasteiger partial charge in [-0.1, -0.05) is 13.5 Å². The van der Waals surface area contributed by atoms with Crippen LogP contribution in [-0.4, -0.2) is 34.7 Å². The molecule has 0 saturated heterocycles. The van der Waals surface area contributed by atoms with Gasteiger partial charge in [0.1, 0.15) is 0 Å². The molecule has 19 heavy (non-hydrogen) atoms. The fraction of sp³-hybridized carbons (Fsp3) is 0.583. The monoisotopic (exact) mass is 276 g/mol. The summed E-state index contributed by atoms with van der Waals surface area (Å²) in [4.78, 5) is 39.2. The highest BCUT2D eigenvalue weighted by molar-refractivity contribution is 5.86. The molecule has 0 aliphatic carbocycles. The van der Waals surface area contributed by atoms with Gasteiger partial charge >= 0.3 is 17.9 Å². The first kappa shape index (κ1) is 19.4. The standard InChI is InChI=1S/C6H10O4.C6H10O3/c1-2-4(6(9)10)3-5(7)8;1-4-8-9-6(7)5(2)3/h4H,2-3H2,1H3,(H,7,8)(H,9,10);2,4H2,1,3H3. The molecule has 0 aromatic carbocycles. The minimum absolute atomic E-state index is 0.286. The smallest absolute Gasteiger partial charge is 0.368 e. The van der Waals surface area contributed by atoms with Gasteiger partial charge in [-0.05, 0) is 20.3 Å². The van der Waals surface area contributed by atoms with Gasteiger partial charge < -0.3 is 10.2 Å². The molecule has 1 atom stereocenters. The highest BCUT2D eigenvalue weighted by Crippen LogP contribution is 2.07. The Morgan fingerprint density at radius 2 is 1.74 bits per heavy atom. The van der Waals surface area contributed by atoms with E-state index in [1.165, 1.54) is 0 Å². The Hall–Kier alpha value is -1.89. The fourth-order valence-electron chi connectivity index (χ4n) is 0.801. The fourth-order valence-corrected chi connectivity index (χ4v) is 0.801. The van der Waals surface area contributed by atoms with Crippen LogP contribution in [0.25, 0.3) is 0 Å². The average Bonchev–Trinajstić information content (AvgIpc) is 2.32. The molecule has 0 bridgehead atoms. The van der Waals surface area contributed by atoms with Crippen molar-refractivity contribution in [1.82, 2.24) is 0 Å². The van der Waals surface area contributed by atoms with Gasteiger partial charge in [0.05, 0.1) is 18.9 Å². The molecule has 0 aliphatic rings. The van der Waals surface area contributed by atoms with Crippen LogP contribution in [0.3, 0.4) is 0 Å². The Kier molecular flexibility index (Phi) is 11.5. The van der Waals surface area contributed by atoms with Crippen LogP contribution in [0.5, 0.6) is 0 Å². The number of hydrogen-bond donors (Lipinski definition) is 2. The highest BCUT2D eigenvalue weighted by Gasteiger charge is 2.17. The molecule has 0 fully saturated rings. The van der Waals surface area contributed by atoms with Gasteiger partial charge in [-0.2, -0.15) is 4.89 Å². The van der Waals surface area contributed by atoms with Crippen LogP contribution < -0.4 is 0 Å². The van der Waals surface area contributed by atoms with Crippen molar-refractivity contribution in [2.45, 2.75) is 33.6 Å². The minimum Gasteiger partial charge on any atom is -0.481 e. The number of rotatable bonds is 7. The summed E-state index contributed by atoms with van der Waals surface area (Å²) in [6.45, 7) is 8.65. The van der Waals surface area contributed by atoms with Crippen molar-refractivity contribution in [3.05, 3.63) is 12.2 Å². The number of carbonyl (C=O) groups excluding carboxylic acids is 1. The molecule has 0 aromatic rings. The summed E-state index contributed by atoms with van der Waals surface area (Å²) in [5.41, 5.74) is 0.337. The van der Waals surface area contributed by atoms with Crippen molar-refractivity contribution < 1.29 is 34.4 Å². The summed E-state index contributed by atoms with van der Waals surface area (Å²) in [5.74, 6) is -3.35. The molecule has 110 valence electrons. The topological polar surface area (TPSA) is 110 Å². The summed E-state index contributed by atoms with van der Waals surface area (Å²) in [6, 6.07) is 0. The van der Waals surface area contributed by atoms with Crippen LogP contribution in [0.15, 0.2) is 12.2 Å². The van der Waals surface area contributed by atoms with Gasteiger partial charge in [0.2, 0.25) is 0 Å². The summed E-state index contributed by atoms with van der Waals surface area (Å²) < 4.78 is 0. The maximum absolute atomic E-state index is 10.5. The van der Waals surface area contributed by atoms with Crippen LogP contribution in [0.4, 0.5) is 0 Å². The number of carboxylic acid groups (broad SMARTS) is 2. The van der Waals surface area contributed by atoms with E-state index in [0.717, 1.165) is 0 Å². The van der Waals surface area contributed by atoms with Crippen molar-refractivity contribution in [3.8, 4) is 0 Å². The van der Waals surface area contributed by atoms with E-state index in [2.05, 4.69) is 16.4 Å². The molecular weight excluding hydrogens is 256 g/mol. The number of carboxylic acids is 2. The maximum atomic E-state index is 10.5. The molecular formula is C12H20O7. The zero-order chi connectivity index (χ0) is 15.4. The Morgan fingerprint density at radius 3 is 1.95 bits per heavy atom. The first-order chi connectivity index (χ1) is 8.76. The van der Waals surface area contributed by atoms with Crippen molar-refractivity contribution in [3.63, 3.8) is 0 Å². The Balaban J connectivity index is 0. The summed E-state index contributed by atoms with van der Waals surface area (Å²) in [5, 5.41) is 16.6. The van der Waals surface area contributed by atoms with Crippen molar-refractivity contribution >= 4 is 17.9 Å². The molecule has 0 radical (unpaired) electrons. The molecule has 0 amide bonds. The molecule has 0 heterocycles. The molecule has 0 aliphatic heterocycles. The van der Waals surface area contributed by atoms with E-state index in [-0.39, 0.29) is 6.42 Å². The van der Waals surface area contributed by atoms with E-state index in [9.17, 15) is 14.4 Å². The Bertz CT molecular complexity index is 322. The van der Waals surface area contributed by atoms with Crippen LogP contribution in [-0.2, 0) is 24.2 Å². The van der Waals surface area contributed by atoms with Crippen LogP contribution >= 0.6 is 0 Å². The van der Waals surface area contributed by atoms with Crippen LogP contribution in [0, 0.1) is 5.92 Å². The van der Waals surface area contributed by atoms with E-state index in [1.54, 1.807) is 20.8 Å². The number of carbonyl (C=O) groups is 3. The van der Waals surface area contributed by atoms with E-state index in [0.29, 0.717) is 18.6 Å². The quantitative estimate of drug-likeness (QED) is 0.413.